The first-order valence-electron chi connectivity index (χ1n) is 9.55. The zero-order chi connectivity index (χ0) is 22.5. The molecule has 4 rings (SSSR count). The number of imidazole rings is 1. The molecule has 2 heterocycles. The summed E-state index contributed by atoms with van der Waals surface area (Å²) in [5, 5.41) is 0. The van der Waals surface area contributed by atoms with Crippen molar-refractivity contribution in [2.75, 3.05) is 18.1 Å². The fraction of sp³-hybridized carbons (Fsp3) is 0.400. The van der Waals surface area contributed by atoms with E-state index in [4.69, 9.17) is 4.74 Å². The molecular formula is C20H21F3N4O3S. The van der Waals surface area contributed by atoms with Crippen molar-refractivity contribution in [1.82, 2.24) is 14.1 Å². The Bertz CT molecular complexity index is 1250. The number of benzene rings is 1. The van der Waals surface area contributed by atoms with Gasteiger partial charge < -0.3 is 18.6 Å². The highest BCUT2D eigenvalue weighted by Crippen LogP contribution is 2.40. The predicted molar refractivity (Wildman–Crippen MR) is 112 cm³/mol. The van der Waals surface area contributed by atoms with Crippen LogP contribution in [0.1, 0.15) is 18.7 Å². The summed E-state index contributed by atoms with van der Waals surface area (Å²) in [5.41, 5.74) is 1.39. The van der Waals surface area contributed by atoms with E-state index < -0.39 is 23.0 Å². The van der Waals surface area contributed by atoms with Crippen LogP contribution in [0.3, 0.4) is 0 Å². The van der Waals surface area contributed by atoms with Gasteiger partial charge in [0, 0.05) is 31.6 Å². The number of aryl methyl sites for hydroxylation is 1. The maximum absolute atomic E-state index is 13.8. The van der Waals surface area contributed by atoms with E-state index in [0.29, 0.717) is 11.1 Å². The first kappa shape index (κ1) is 21.4. The topological polar surface area (TPSA) is 78.2 Å². The van der Waals surface area contributed by atoms with Crippen molar-refractivity contribution < 1.29 is 22.1 Å². The van der Waals surface area contributed by atoms with Gasteiger partial charge in [-0.1, -0.05) is 0 Å². The SMILES string of the molecule is COc1cc(-c2cc(NS(C)=O)c3nc(C(F)(F)F)n(CC4CC4)c3c2)cn(C)c1=O. The summed E-state index contributed by atoms with van der Waals surface area (Å²) in [5.74, 6) is -0.692. The summed E-state index contributed by atoms with van der Waals surface area (Å²) < 4.78 is 63.5. The number of pyridine rings is 1. The van der Waals surface area contributed by atoms with Gasteiger partial charge in [0.25, 0.3) is 5.56 Å². The summed E-state index contributed by atoms with van der Waals surface area (Å²) in [6.07, 6.45) is 0.0820. The van der Waals surface area contributed by atoms with Crippen LogP contribution in [-0.2, 0) is 30.8 Å². The smallest absolute Gasteiger partial charge is 0.449 e. The van der Waals surface area contributed by atoms with E-state index in [-0.39, 0.29) is 40.5 Å². The average molecular weight is 454 g/mol. The number of methoxy groups -OCH3 is 1. The van der Waals surface area contributed by atoms with Crippen LogP contribution >= 0.6 is 0 Å². The molecule has 2 aromatic heterocycles. The molecule has 0 amide bonds. The molecule has 1 aliphatic carbocycles. The number of hydrogen-bond acceptors (Lipinski definition) is 4. The van der Waals surface area contributed by atoms with Crippen molar-refractivity contribution in [3.05, 3.63) is 40.6 Å². The highest BCUT2D eigenvalue weighted by molar-refractivity contribution is 7.85. The Morgan fingerprint density at radius 1 is 1.26 bits per heavy atom. The molecule has 3 aromatic rings. The van der Waals surface area contributed by atoms with Crippen LogP contribution in [0.15, 0.2) is 29.2 Å². The average Bonchev–Trinajstić information content (AvgIpc) is 3.42. The van der Waals surface area contributed by atoms with Gasteiger partial charge >= 0.3 is 6.18 Å². The van der Waals surface area contributed by atoms with Gasteiger partial charge in [0.2, 0.25) is 5.82 Å². The quantitative estimate of drug-likeness (QED) is 0.618. The van der Waals surface area contributed by atoms with E-state index in [1.165, 1.54) is 28.6 Å². The molecule has 1 aliphatic rings. The first-order chi connectivity index (χ1) is 14.6. The van der Waals surface area contributed by atoms with Crippen LogP contribution in [0.4, 0.5) is 18.9 Å². The van der Waals surface area contributed by atoms with Crippen LogP contribution in [0.25, 0.3) is 22.2 Å². The van der Waals surface area contributed by atoms with Gasteiger partial charge in [-0.2, -0.15) is 13.2 Å². The minimum Gasteiger partial charge on any atom is -0.491 e. The molecule has 7 nitrogen and oxygen atoms in total. The molecule has 0 bridgehead atoms. The number of ether oxygens (including phenoxy) is 1. The molecule has 1 aromatic carbocycles. The summed E-state index contributed by atoms with van der Waals surface area (Å²) in [4.78, 5) is 16.0. The number of nitrogens with one attached hydrogen (secondary N) is 1. The van der Waals surface area contributed by atoms with Gasteiger partial charge in [-0.05, 0) is 42.5 Å². The second-order valence-corrected chi connectivity index (χ2v) is 8.76. The van der Waals surface area contributed by atoms with Crippen molar-refractivity contribution in [2.45, 2.75) is 25.6 Å². The number of halogens is 3. The fourth-order valence-corrected chi connectivity index (χ4v) is 4.03. The monoisotopic (exact) mass is 454 g/mol. The number of hydrogen-bond donors (Lipinski definition) is 1. The normalized spacial score (nSPS) is 15.3. The third-order valence-corrected chi connectivity index (χ3v) is 5.71. The lowest BCUT2D eigenvalue weighted by molar-refractivity contribution is -0.147. The Kier molecular flexibility index (Phi) is 5.32. The van der Waals surface area contributed by atoms with E-state index in [2.05, 4.69) is 9.71 Å². The number of rotatable bonds is 6. The largest absolute Gasteiger partial charge is 0.491 e. The van der Waals surface area contributed by atoms with Crippen LogP contribution in [-0.4, -0.2) is 31.7 Å². The van der Waals surface area contributed by atoms with Crippen molar-refractivity contribution >= 4 is 27.7 Å². The zero-order valence-electron chi connectivity index (χ0n) is 17.1. The maximum Gasteiger partial charge on any atom is 0.449 e. The van der Waals surface area contributed by atoms with Crippen LogP contribution in [0.5, 0.6) is 5.75 Å². The number of alkyl halides is 3. The van der Waals surface area contributed by atoms with E-state index in [0.717, 1.165) is 12.8 Å². The van der Waals surface area contributed by atoms with E-state index in [1.807, 2.05) is 0 Å². The molecule has 0 radical (unpaired) electrons. The summed E-state index contributed by atoms with van der Waals surface area (Å²) in [6, 6.07) is 4.73. The number of anilines is 1. The van der Waals surface area contributed by atoms with Crippen molar-refractivity contribution in [3.63, 3.8) is 0 Å². The summed E-state index contributed by atoms with van der Waals surface area (Å²) in [6.45, 7) is 0.208. The number of fused-ring (bicyclic) bond motifs is 1. The van der Waals surface area contributed by atoms with Gasteiger partial charge in [0.05, 0.1) is 18.3 Å². The lowest BCUT2D eigenvalue weighted by atomic mass is 10.1. The zero-order valence-corrected chi connectivity index (χ0v) is 17.9. The highest BCUT2D eigenvalue weighted by Gasteiger charge is 2.39. The Labute approximate surface area is 178 Å². The summed E-state index contributed by atoms with van der Waals surface area (Å²) in [7, 11) is 1.41. The van der Waals surface area contributed by atoms with Gasteiger partial charge in [-0.15, -0.1) is 0 Å². The van der Waals surface area contributed by atoms with Crippen LogP contribution in [0, 0.1) is 5.92 Å². The van der Waals surface area contributed by atoms with Gasteiger partial charge in [-0.25, -0.2) is 9.19 Å². The molecule has 0 saturated heterocycles. The Balaban J connectivity index is 2.00. The van der Waals surface area contributed by atoms with Crippen molar-refractivity contribution in [3.8, 4) is 16.9 Å². The van der Waals surface area contributed by atoms with Crippen molar-refractivity contribution in [2.24, 2.45) is 13.0 Å². The van der Waals surface area contributed by atoms with Gasteiger partial charge in [0.1, 0.15) is 16.5 Å². The molecule has 0 spiro atoms. The molecule has 1 saturated carbocycles. The Morgan fingerprint density at radius 2 is 1.97 bits per heavy atom. The van der Waals surface area contributed by atoms with E-state index in [1.54, 1.807) is 25.4 Å². The molecule has 1 fully saturated rings. The third kappa shape index (κ3) is 4.18. The Hall–Kier alpha value is -2.82. The standard InChI is InChI=1S/C20H21F3N4O3S/c1-26-10-13(8-16(30-2)18(26)28)12-6-14(25-31(3)29)17-15(7-12)27(9-11-4-5-11)19(24-17)20(21,22)23/h6-8,10-11,25H,4-5,9H2,1-3H3. The minimum absolute atomic E-state index is 0.101. The third-order valence-electron chi connectivity index (χ3n) is 5.20. The second-order valence-electron chi connectivity index (χ2n) is 7.65. The van der Waals surface area contributed by atoms with E-state index >= 15 is 0 Å². The maximum atomic E-state index is 13.8. The van der Waals surface area contributed by atoms with Crippen molar-refractivity contribution in [1.29, 1.82) is 0 Å². The Morgan fingerprint density at radius 3 is 2.55 bits per heavy atom. The van der Waals surface area contributed by atoms with Gasteiger partial charge in [-0.3, -0.25) is 4.79 Å². The summed E-state index contributed by atoms with van der Waals surface area (Å²) >= 11 is 0. The van der Waals surface area contributed by atoms with Crippen LogP contribution in [0.2, 0.25) is 0 Å². The molecule has 166 valence electrons. The van der Waals surface area contributed by atoms with Gasteiger partial charge in [0.15, 0.2) is 5.75 Å². The molecule has 1 N–H and O–H groups in total. The lowest BCUT2D eigenvalue weighted by Gasteiger charge is -2.13. The highest BCUT2D eigenvalue weighted by atomic mass is 32.2. The number of nitrogens with zero attached hydrogens (tertiary/aromatic N) is 3. The lowest BCUT2D eigenvalue weighted by Crippen LogP contribution is -2.17. The molecule has 31 heavy (non-hydrogen) atoms. The fourth-order valence-electron chi connectivity index (χ4n) is 3.57. The second kappa shape index (κ2) is 7.70. The molecule has 1 unspecified atom stereocenters. The molecule has 1 atom stereocenters. The molecular weight excluding hydrogens is 433 g/mol. The predicted octanol–water partition coefficient (Wildman–Crippen LogP) is 3.54. The van der Waals surface area contributed by atoms with E-state index in [9.17, 15) is 22.2 Å². The van der Waals surface area contributed by atoms with Crippen LogP contribution < -0.4 is 15.0 Å². The number of aromatic nitrogens is 3. The minimum atomic E-state index is -4.63. The molecule has 0 aliphatic heterocycles. The first-order valence-corrected chi connectivity index (χ1v) is 11.1. The molecule has 11 heteroatoms.